The molecule has 0 saturated carbocycles. The van der Waals surface area contributed by atoms with Gasteiger partial charge in [0.15, 0.2) is 0 Å². The highest BCUT2D eigenvalue weighted by atomic mass is 16.1. The number of aromatic nitrogens is 1. The van der Waals surface area contributed by atoms with E-state index in [1.165, 1.54) is 12.8 Å². The number of nitrogens with zero attached hydrogens (tertiary/aromatic N) is 2. The maximum absolute atomic E-state index is 11.9. The molecule has 2 heterocycles. The minimum Gasteiger partial charge on any atom is -0.397 e. The van der Waals surface area contributed by atoms with E-state index in [1.54, 1.807) is 18.3 Å². The fourth-order valence-corrected chi connectivity index (χ4v) is 2.53. The minimum absolute atomic E-state index is 0.0418. The van der Waals surface area contributed by atoms with Crippen LogP contribution in [0.3, 0.4) is 0 Å². The Balaban J connectivity index is 1.69. The summed E-state index contributed by atoms with van der Waals surface area (Å²) in [5.41, 5.74) is 6.95. The van der Waals surface area contributed by atoms with Gasteiger partial charge in [-0.05, 0) is 50.5 Å². The van der Waals surface area contributed by atoms with Crippen LogP contribution in [0.4, 0.5) is 5.69 Å². The molecule has 1 amide bonds. The van der Waals surface area contributed by atoms with Gasteiger partial charge in [0.05, 0.1) is 18.3 Å². The van der Waals surface area contributed by atoms with Crippen molar-refractivity contribution in [3.63, 3.8) is 0 Å². The molecular weight excluding hydrogens is 252 g/mol. The maximum Gasteiger partial charge on any atom is 0.226 e. The lowest BCUT2D eigenvalue weighted by atomic mass is 9.97. The van der Waals surface area contributed by atoms with Crippen LogP contribution in [0.5, 0.6) is 0 Å². The lowest BCUT2D eigenvalue weighted by Crippen LogP contribution is -2.38. The molecule has 3 N–H and O–H groups in total. The zero-order valence-electron chi connectivity index (χ0n) is 12.1. The van der Waals surface area contributed by atoms with Crippen molar-refractivity contribution in [2.24, 2.45) is 5.92 Å². The minimum atomic E-state index is 0.0418. The van der Waals surface area contributed by atoms with Crippen LogP contribution in [-0.4, -0.2) is 42.0 Å². The summed E-state index contributed by atoms with van der Waals surface area (Å²) in [5.74, 6) is 0.654. The van der Waals surface area contributed by atoms with Gasteiger partial charge in [0, 0.05) is 12.2 Å². The molecule has 1 aromatic rings. The summed E-state index contributed by atoms with van der Waals surface area (Å²) >= 11 is 0. The van der Waals surface area contributed by atoms with Gasteiger partial charge in [-0.2, -0.15) is 0 Å². The van der Waals surface area contributed by atoms with Crippen LogP contribution in [0.15, 0.2) is 18.3 Å². The van der Waals surface area contributed by atoms with Crippen LogP contribution >= 0.6 is 0 Å². The van der Waals surface area contributed by atoms with Gasteiger partial charge in [-0.1, -0.05) is 6.92 Å². The van der Waals surface area contributed by atoms with E-state index in [1.807, 2.05) is 0 Å². The molecule has 5 heteroatoms. The third kappa shape index (κ3) is 4.49. The molecule has 110 valence electrons. The lowest BCUT2D eigenvalue weighted by molar-refractivity contribution is -0.120. The van der Waals surface area contributed by atoms with Crippen molar-refractivity contribution in [3.05, 3.63) is 24.0 Å². The second kappa shape index (κ2) is 7.24. The molecule has 20 heavy (non-hydrogen) atoms. The van der Waals surface area contributed by atoms with E-state index in [0.717, 1.165) is 31.9 Å². The average molecular weight is 276 g/mol. The van der Waals surface area contributed by atoms with E-state index in [9.17, 15) is 4.79 Å². The fourth-order valence-electron chi connectivity index (χ4n) is 2.53. The Kier molecular flexibility index (Phi) is 5.35. The highest BCUT2D eigenvalue weighted by Gasteiger charge is 2.18. The molecule has 0 unspecified atom stereocenters. The van der Waals surface area contributed by atoms with Crippen molar-refractivity contribution in [2.45, 2.75) is 26.2 Å². The van der Waals surface area contributed by atoms with Crippen LogP contribution in [-0.2, 0) is 11.2 Å². The van der Waals surface area contributed by atoms with E-state index in [0.29, 0.717) is 18.0 Å². The Morgan fingerprint density at radius 3 is 2.80 bits per heavy atom. The first-order chi connectivity index (χ1) is 9.67. The second-order valence-electron chi connectivity index (χ2n) is 5.44. The van der Waals surface area contributed by atoms with Crippen LogP contribution in [0, 0.1) is 5.92 Å². The Morgan fingerprint density at radius 2 is 2.20 bits per heavy atom. The molecule has 1 aromatic heterocycles. The van der Waals surface area contributed by atoms with Crippen LogP contribution in [0.2, 0.25) is 0 Å². The highest BCUT2D eigenvalue weighted by Crippen LogP contribution is 2.15. The van der Waals surface area contributed by atoms with Crippen LogP contribution < -0.4 is 11.1 Å². The molecule has 0 bridgehead atoms. The smallest absolute Gasteiger partial charge is 0.226 e. The Bertz CT molecular complexity index is 424. The number of anilines is 1. The third-order valence-electron chi connectivity index (χ3n) is 3.93. The molecule has 2 rings (SSSR count). The van der Waals surface area contributed by atoms with Gasteiger partial charge < -0.3 is 16.0 Å². The van der Waals surface area contributed by atoms with Crippen molar-refractivity contribution in [2.75, 3.05) is 31.9 Å². The van der Waals surface area contributed by atoms with Crippen molar-refractivity contribution in [1.82, 2.24) is 15.2 Å². The monoisotopic (exact) mass is 276 g/mol. The first-order valence-electron chi connectivity index (χ1n) is 7.37. The Labute approximate surface area is 120 Å². The molecular formula is C15H24N4O. The number of hydrogen-bond donors (Lipinski definition) is 2. The lowest BCUT2D eigenvalue weighted by Gasteiger charge is -2.31. The van der Waals surface area contributed by atoms with E-state index in [-0.39, 0.29) is 5.91 Å². The number of pyridine rings is 1. The number of nitrogens with two attached hydrogens (primary N) is 1. The van der Waals surface area contributed by atoms with E-state index in [2.05, 4.69) is 22.1 Å². The number of nitrogens with one attached hydrogen (secondary N) is 1. The summed E-state index contributed by atoms with van der Waals surface area (Å²) in [6.45, 7) is 6.40. The Morgan fingerprint density at radius 1 is 1.45 bits per heavy atom. The van der Waals surface area contributed by atoms with Crippen LogP contribution in [0.1, 0.15) is 25.5 Å². The van der Waals surface area contributed by atoms with E-state index >= 15 is 0 Å². The molecule has 1 aliphatic rings. The highest BCUT2D eigenvalue weighted by molar-refractivity contribution is 5.78. The van der Waals surface area contributed by atoms with Gasteiger partial charge in [0.2, 0.25) is 5.91 Å². The fraction of sp³-hybridized carbons (Fsp3) is 0.600. The van der Waals surface area contributed by atoms with Crippen molar-refractivity contribution in [1.29, 1.82) is 0 Å². The summed E-state index contributed by atoms with van der Waals surface area (Å²) in [6.07, 6.45) is 4.26. The number of nitrogen functional groups attached to an aromatic ring is 1. The standard InChI is InChI=1S/C15H24N4O/c1-2-19-7-5-12(6-8-19)10-18-15(20)9-14-4-3-13(16)11-17-14/h3-4,11-12H,2,5-10,16H2,1H3,(H,18,20). The van der Waals surface area contributed by atoms with E-state index < -0.39 is 0 Å². The molecule has 5 nitrogen and oxygen atoms in total. The summed E-state index contributed by atoms with van der Waals surface area (Å²) < 4.78 is 0. The van der Waals surface area contributed by atoms with E-state index in [4.69, 9.17) is 5.73 Å². The van der Waals surface area contributed by atoms with Crippen molar-refractivity contribution in [3.8, 4) is 0 Å². The van der Waals surface area contributed by atoms with Gasteiger partial charge in [-0.25, -0.2) is 0 Å². The number of carbonyl (C=O) groups excluding carboxylic acids is 1. The Hall–Kier alpha value is -1.62. The average Bonchev–Trinajstić information content (AvgIpc) is 2.48. The second-order valence-corrected chi connectivity index (χ2v) is 5.44. The summed E-state index contributed by atoms with van der Waals surface area (Å²) in [4.78, 5) is 18.5. The molecule has 0 aliphatic carbocycles. The normalized spacial score (nSPS) is 17.1. The number of piperidine rings is 1. The predicted octanol–water partition coefficient (Wildman–Crippen LogP) is 1.05. The topological polar surface area (TPSA) is 71.2 Å². The van der Waals surface area contributed by atoms with Crippen molar-refractivity contribution < 1.29 is 4.79 Å². The van der Waals surface area contributed by atoms with Crippen LogP contribution in [0.25, 0.3) is 0 Å². The predicted molar refractivity (Wildman–Crippen MR) is 80.2 cm³/mol. The molecule has 1 saturated heterocycles. The van der Waals surface area contributed by atoms with Gasteiger partial charge >= 0.3 is 0 Å². The summed E-state index contributed by atoms with van der Waals surface area (Å²) in [5, 5.41) is 3.02. The maximum atomic E-state index is 11.9. The quantitative estimate of drug-likeness (QED) is 0.843. The largest absolute Gasteiger partial charge is 0.397 e. The number of likely N-dealkylation sites (tertiary alicyclic amines) is 1. The first kappa shape index (κ1) is 14.8. The molecule has 0 aromatic carbocycles. The van der Waals surface area contributed by atoms with Gasteiger partial charge in [-0.15, -0.1) is 0 Å². The number of carbonyl (C=O) groups is 1. The molecule has 0 spiro atoms. The van der Waals surface area contributed by atoms with Gasteiger partial charge in [0.25, 0.3) is 0 Å². The molecule has 0 atom stereocenters. The number of hydrogen-bond acceptors (Lipinski definition) is 4. The first-order valence-corrected chi connectivity index (χ1v) is 7.37. The molecule has 1 fully saturated rings. The number of amides is 1. The third-order valence-corrected chi connectivity index (χ3v) is 3.93. The zero-order valence-corrected chi connectivity index (χ0v) is 12.1. The van der Waals surface area contributed by atoms with Gasteiger partial charge in [0.1, 0.15) is 0 Å². The SMILES string of the molecule is CCN1CCC(CNC(=O)Cc2ccc(N)cn2)CC1. The number of rotatable bonds is 5. The molecule has 1 aliphatic heterocycles. The summed E-state index contributed by atoms with van der Waals surface area (Å²) in [7, 11) is 0. The van der Waals surface area contributed by atoms with Crippen molar-refractivity contribution >= 4 is 11.6 Å². The zero-order chi connectivity index (χ0) is 14.4. The van der Waals surface area contributed by atoms with Gasteiger partial charge in [-0.3, -0.25) is 9.78 Å². The molecule has 0 radical (unpaired) electrons. The summed E-state index contributed by atoms with van der Waals surface area (Å²) in [6, 6.07) is 3.57.